The van der Waals surface area contributed by atoms with Crippen LogP contribution in [0.1, 0.15) is 25.0 Å². The molecule has 6 nitrogen and oxygen atoms in total. The number of ether oxygens (including phenoxy) is 1. The number of benzene rings is 1. The molecule has 0 radical (unpaired) electrons. The lowest BCUT2D eigenvalue weighted by Crippen LogP contribution is -2.22. The number of rotatable bonds is 5. The van der Waals surface area contributed by atoms with Gasteiger partial charge in [0.1, 0.15) is 11.4 Å². The van der Waals surface area contributed by atoms with E-state index in [0.717, 1.165) is 5.56 Å². The first kappa shape index (κ1) is 15.0. The molecule has 2 heterocycles. The van der Waals surface area contributed by atoms with E-state index >= 15 is 0 Å². The molecular formula is C17H17N3O3. The van der Waals surface area contributed by atoms with E-state index in [0.29, 0.717) is 30.3 Å². The second-order valence-corrected chi connectivity index (χ2v) is 4.99. The van der Waals surface area contributed by atoms with Crippen molar-refractivity contribution in [2.45, 2.75) is 19.4 Å². The Balaban J connectivity index is 1.66. The maximum Gasteiger partial charge on any atom is 0.273 e. The third-order valence-electron chi connectivity index (χ3n) is 3.40. The van der Waals surface area contributed by atoms with Gasteiger partial charge in [-0.25, -0.2) is 4.98 Å². The average Bonchev–Trinajstić information content (AvgIpc) is 3.08. The van der Waals surface area contributed by atoms with Gasteiger partial charge in [-0.2, -0.15) is 0 Å². The number of anilines is 1. The normalized spacial score (nSPS) is 16.4. The molecule has 1 aromatic heterocycles. The molecule has 0 saturated carbocycles. The predicted octanol–water partition coefficient (Wildman–Crippen LogP) is 2.94. The van der Waals surface area contributed by atoms with Crippen molar-refractivity contribution < 1.29 is 14.4 Å². The number of hydrogen-bond donors (Lipinski definition) is 1. The molecule has 2 aromatic rings. The highest BCUT2D eigenvalue weighted by Gasteiger charge is 2.27. The van der Waals surface area contributed by atoms with Crippen LogP contribution in [0.25, 0.3) is 0 Å². The maximum absolute atomic E-state index is 12.3. The molecule has 0 spiro atoms. The van der Waals surface area contributed by atoms with Crippen molar-refractivity contribution in [2.24, 2.45) is 5.16 Å². The summed E-state index contributed by atoms with van der Waals surface area (Å²) < 4.78 is 5.39. The van der Waals surface area contributed by atoms with Gasteiger partial charge in [0.15, 0.2) is 6.10 Å². The van der Waals surface area contributed by atoms with Gasteiger partial charge in [0, 0.05) is 12.6 Å². The highest BCUT2D eigenvalue weighted by atomic mass is 16.6. The predicted molar refractivity (Wildman–Crippen MR) is 86.4 cm³/mol. The van der Waals surface area contributed by atoms with Crippen molar-refractivity contribution >= 4 is 17.3 Å². The molecule has 0 bridgehead atoms. The van der Waals surface area contributed by atoms with Crippen molar-refractivity contribution in [3.8, 4) is 5.88 Å². The Hall–Kier alpha value is -2.89. The summed E-state index contributed by atoms with van der Waals surface area (Å²) in [5.74, 6) is 0.0832. The van der Waals surface area contributed by atoms with Crippen molar-refractivity contribution in [1.29, 1.82) is 0 Å². The van der Waals surface area contributed by atoms with E-state index in [1.54, 1.807) is 18.3 Å². The second-order valence-electron chi connectivity index (χ2n) is 4.99. The SMILES string of the molecule is CCOc1ncccc1NC(=O)C1=NOC(c2ccccc2)C1. The average molecular weight is 311 g/mol. The van der Waals surface area contributed by atoms with Crippen LogP contribution < -0.4 is 10.1 Å². The zero-order valence-corrected chi connectivity index (χ0v) is 12.7. The molecule has 118 valence electrons. The summed E-state index contributed by atoms with van der Waals surface area (Å²) in [5.41, 5.74) is 1.87. The summed E-state index contributed by atoms with van der Waals surface area (Å²) in [6, 6.07) is 13.2. The number of oxime groups is 1. The van der Waals surface area contributed by atoms with Gasteiger partial charge < -0.3 is 14.9 Å². The van der Waals surface area contributed by atoms with Crippen LogP contribution in [0.15, 0.2) is 53.8 Å². The molecule has 1 unspecified atom stereocenters. The molecule has 1 amide bonds. The van der Waals surface area contributed by atoms with Crippen LogP contribution in [-0.4, -0.2) is 23.2 Å². The van der Waals surface area contributed by atoms with Gasteiger partial charge >= 0.3 is 0 Å². The Morgan fingerprint density at radius 3 is 2.91 bits per heavy atom. The minimum absolute atomic E-state index is 0.225. The zero-order valence-electron chi connectivity index (χ0n) is 12.7. The molecule has 1 N–H and O–H groups in total. The molecular weight excluding hydrogens is 294 g/mol. The number of pyridine rings is 1. The fourth-order valence-electron chi connectivity index (χ4n) is 2.29. The topological polar surface area (TPSA) is 72.8 Å². The van der Waals surface area contributed by atoms with Gasteiger partial charge in [-0.1, -0.05) is 35.5 Å². The van der Waals surface area contributed by atoms with Crippen LogP contribution in [0.2, 0.25) is 0 Å². The Bertz CT molecular complexity index is 716. The van der Waals surface area contributed by atoms with E-state index in [1.165, 1.54) is 0 Å². The lowest BCUT2D eigenvalue weighted by molar-refractivity contribution is -0.110. The smallest absolute Gasteiger partial charge is 0.273 e. The molecule has 0 fully saturated rings. The molecule has 3 rings (SSSR count). The Labute approximate surface area is 134 Å². The minimum Gasteiger partial charge on any atom is -0.476 e. The Morgan fingerprint density at radius 2 is 2.13 bits per heavy atom. The number of amides is 1. The van der Waals surface area contributed by atoms with E-state index in [4.69, 9.17) is 9.57 Å². The van der Waals surface area contributed by atoms with Gasteiger partial charge in [0.05, 0.1) is 6.61 Å². The van der Waals surface area contributed by atoms with Crippen LogP contribution in [-0.2, 0) is 9.63 Å². The minimum atomic E-state index is -0.308. The van der Waals surface area contributed by atoms with Crippen LogP contribution in [0.3, 0.4) is 0 Å². The lowest BCUT2D eigenvalue weighted by atomic mass is 10.0. The monoisotopic (exact) mass is 311 g/mol. The van der Waals surface area contributed by atoms with Crippen LogP contribution in [0.5, 0.6) is 5.88 Å². The fraction of sp³-hybridized carbons (Fsp3) is 0.235. The maximum atomic E-state index is 12.3. The summed E-state index contributed by atoms with van der Waals surface area (Å²) in [6.07, 6.45) is 1.82. The van der Waals surface area contributed by atoms with E-state index < -0.39 is 0 Å². The molecule has 0 saturated heterocycles. The van der Waals surface area contributed by atoms with E-state index in [2.05, 4.69) is 15.5 Å². The van der Waals surface area contributed by atoms with Crippen molar-refractivity contribution in [1.82, 2.24) is 4.98 Å². The van der Waals surface area contributed by atoms with E-state index in [-0.39, 0.29) is 12.0 Å². The molecule has 6 heteroatoms. The summed E-state index contributed by atoms with van der Waals surface area (Å²) >= 11 is 0. The third kappa shape index (κ3) is 3.48. The highest BCUT2D eigenvalue weighted by molar-refractivity contribution is 6.43. The van der Waals surface area contributed by atoms with Gasteiger partial charge in [-0.05, 0) is 24.6 Å². The molecule has 1 aromatic carbocycles. The first-order valence-corrected chi connectivity index (χ1v) is 7.44. The second kappa shape index (κ2) is 6.91. The molecule has 1 atom stereocenters. The van der Waals surface area contributed by atoms with Gasteiger partial charge in [0.25, 0.3) is 5.91 Å². The number of nitrogens with one attached hydrogen (secondary N) is 1. The standard InChI is InChI=1S/C17H17N3O3/c1-2-22-17-13(9-6-10-18-17)19-16(21)14-11-15(23-20-14)12-7-4-3-5-8-12/h3-10,15H,2,11H2,1H3,(H,19,21). The summed E-state index contributed by atoms with van der Waals surface area (Å²) in [5, 5.41) is 6.68. The van der Waals surface area contributed by atoms with E-state index in [1.807, 2.05) is 37.3 Å². The van der Waals surface area contributed by atoms with Gasteiger partial charge in [-0.3, -0.25) is 4.79 Å². The summed E-state index contributed by atoms with van der Waals surface area (Å²) in [6.45, 7) is 2.33. The van der Waals surface area contributed by atoms with Crippen molar-refractivity contribution in [3.63, 3.8) is 0 Å². The molecule has 23 heavy (non-hydrogen) atoms. The summed E-state index contributed by atoms with van der Waals surface area (Å²) in [4.78, 5) is 21.8. The van der Waals surface area contributed by atoms with Gasteiger partial charge in [0.2, 0.25) is 5.88 Å². The Morgan fingerprint density at radius 1 is 1.30 bits per heavy atom. The van der Waals surface area contributed by atoms with Crippen LogP contribution in [0.4, 0.5) is 5.69 Å². The lowest BCUT2D eigenvalue weighted by Gasteiger charge is -2.10. The van der Waals surface area contributed by atoms with Crippen molar-refractivity contribution in [2.75, 3.05) is 11.9 Å². The van der Waals surface area contributed by atoms with Gasteiger partial charge in [-0.15, -0.1) is 0 Å². The largest absolute Gasteiger partial charge is 0.476 e. The number of nitrogens with zero attached hydrogens (tertiary/aromatic N) is 2. The van der Waals surface area contributed by atoms with Crippen LogP contribution in [0, 0.1) is 0 Å². The first-order chi connectivity index (χ1) is 11.3. The first-order valence-electron chi connectivity index (χ1n) is 7.44. The molecule has 1 aliphatic heterocycles. The van der Waals surface area contributed by atoms with Crippen LogP contribution >= 0.6 is 0 Å². The highest BCUT2D eigenvalue weighted by Crippen LogP contribution is 2.28. The zero-order chi connectivity index (χ0) is 16.1. The van der Waals surface area contributed by atoms with Crippen molar-refractivity contribution in [3.05, 3.63) is 54.2 Å². The number of carbonyl (C=O) groups excluding carboxylic acids is 1. The fourth-order valence-corrected chi connectivity index (χ4v) is 2.29. The number of hydrogen-bond acceptors (Lipinski definition) is 5. The number of aromatic nitrogens is 1. The molecule has 1 aliphatic rings. The Kier molecular flexibility index (Phi) is 4.52. The third-order valence-corrected chi connectivity index (χ3v) is 3.40. The summed E-state index contributed by atoms with van der Waals surface area (Å²) in [7, 11) is 0. The quantitative estimate of drug-likeness (QED) is 0.921. The van der Waals surface area contributed by atoms with E-state index in [9.17, 15) is 4.79 Å². The molecule has 0 aliphatic carbocycles. The number of carbonyl (C=O) groups is 1.